The smallest absolute Gasteiger partial charge is 0.282 e. The van der Waals surface area contributed by atoms with Crippen molar-refractivity contribution in [3.05, 3.63) is 53.7 Å². The fraction of sp³-hybridized carbons (Fsp3) is 0.333. The molecule has 7 nitrogen and oxygen atoms in total. The van der Waals surface area contributed by atoms with E-state index in [0.717, 1.165) is 25.9 Å². The first-order chi connectivity index (χ1) is 15.1. The average molecular weight is 422 g/mol. The van der Waals surface area contributed by atoms with Gasteiger partial charge in [0.05, 0.1) is 32.1 Å². The normalized spacial score (nSPS) is 16.4. The molecular formula is C24H26N2O5. The first kappa shape index (κ1) is 20.8. The van der Waals surface area contributed by atoms with Gasteiger partial charge in [0, 0.05) is 13.1 Å². The fourth-order valence-electron chi connectivity index (χ4n) is 4.10. The molecule has 2 heterocycles. The van der Waals surface area contributed by atoms with Crippen molar-refractivity contribution >= 4 is 23.1 Å². The maximum atomic E-state index is 13.6. The number of hydrogen-bond acceptors (Lipinski definition) is 6. The number of rotatable bonds is 7. The summed E-state index contributed by atoms with van der Waals surface area (Å²) >= 11 is 0. The number of likely N-dealkylation sites (tertiary alicyclic amines) is 1. The second-order valence-corrected chi connectivity index (χ2v) is 7.36. The molecule has 2 aliphatic heterocycles. The van der Waals surface area contributed by atoms with E-state index < -0.39 is 0 Å². The van der Waals surface area contributed by atoms with E-state index >= 15 is 0 Å². The van der Waals surface area contributed by atoms with Crippen LogP contribution in [0, 0.1) is 0 Å². The number of methoxy groups -OCH3 is 2. The fourth-order valence-corrected chi connectivity index (χ4v) is 4.10. The van der Waals surface area contributed by atoms with Crippen LogP contribution in [-0.4, -0.2) is 50.6 Å². The maximum absolute atomic E-state index is 13.6. The zero-order chi connectivity index (χ0) is 22.0. The van der Waals surface area contributed by atoms with Crippen molar-refractivity contribution in [2.24, 2.45) is 0 Å². The molecule has 162 valence electrons. The number of hydrogen-bond donors (Lipinski definition) is 0. The quantitative estimate of drug-likeness (QED) is 0.637. The lowest BCUT2D eigenvalue weighted by atomic mass is 10.0. The number of amides is 2. The van der Waals surface area contributed by atoms with E-state index in [-0.39, 0.29) is 11.8 Å². The van der Waals surface area contributed by atoms with E-state index in [4.69, 9.17) is 14.2 Å². The predicted molar refractivity (Wildman–Crippen MR) is 117 cm³/mol. The molecule has 2 aliphatic rings. The summed E-state index contributed by atoms with van der Waals surface area (Å²) in [6, 6.07) is 12.3. The molecule has 0 spiro atoms. The minimum Gasteiger partial charge on any atom is -0.494 e. The Labute approximate surface area is 181 Å². The van der Waals surface area contributed by atoms with Crippen LogP contribution in [0.5, 0.6) is 17.2 Å². The first-order valence-electron chi connectivity index (χ1n) is 10.4. The Morgan fingerprint density at radius 1 is 0.871 bits per heavy atom. The summed E-state index contributed by atoms with van der Waals surface area (Å²) in [7, 11) is 3.11. The van der Waals surface area contributed by atoms with Gasteiger partial charge in [-0.15, -0.1) is 0 Å². The standard InChI is InChI=1S/C24H26N2O5/c1-4-31-18-10-8-17(9-11-18)26-23(27)21(22(24(26)28)25-13-5-6-14-25)16-7-12-19(29-2)20(15-16)30-3/h7-12,15H,4-6,13-14H2,1-3H3. The summed E-state index contributed by atoms with van der Waals surface area (Å²) in [5.74, 6) is 1.12. The van der Waals surface area contributed by atoms with Gasteiger partial charge in [-0.25, -0.2) is 4.90 Å². The van der Waals surface area contributed by atoms with Crippen molar-refractivity contribution in [1.82, 2.24) is 4.90 Å². The van der Waals surface area contributed by atoms with Gasteiger partial charge in [-0.1, -0.05) is 6.07 Å². The topological polar surface area (TPSA) is 68.3 Å². The van der Waals surface area contributed by atoms with Gasteiger partial charge in [0.1, 0.15) is 11.4 Å². The van der Waals surface area contributed by atoms with E-state index in [0.29, 0.717) is 46.4 Å². The molecule has 0 radical (unpaired) electrons. The molecule has 0 unspecified atom stereocenters. The number of carbonyl (C=O) groups is 2. The summed E-state index contributed by atoms with van der Waals surface area (Å²) in [5, 5.41) is 0. The SMILES string of the molecule is CCOc1ccc(N2C(=O)C(c3ccc(OC)c(OC)c3)=C(N3CCCC3)C2=O)cc1. The Morgan fingerprint density at radius 3 is 2.16 bits per heavy atom. The van der Waals surface area contributed by atoms with Gasteiger partial charge in [-0.05, 0) is 61.7 Å². The van der Waals surface area contributed by atoms with E-state index in [2.05, 4.69) is 0 Å². The van der Waals surface area contributed by atoms with Gasteiger partial charge in [0.2, 0.25) is 0 Å². The predicted octanol–water partition coefficient (Wildman–Crippen LogP) is 3.48. The van der Waals surface area contributed by atoms with E-state index in [1.54, 1.807) is 56.7 Å². The molecular weight excluding hydrogens is 396 g/mol. The highest BCUT2D eigenvalue weighted by Gasteiger charge is 2.43. The van der Waals surface area contributed by atoms with Crippen LogP contribution >= 0.6 is 0 Å². The van der Waals surface area contributed by atoms with Crippen LogP contribution in [0.2, 0.25) is 0 Å². The lowest BCUT2D eigenvalue weighted by Crippen LogP contribution is -2.34. The molecule has 7 heteroatoms. The van der Waals surface area contributed by atoms with Crippen molar-refractivity contribution in [2.45, 2.75) is 19.8 Å². The molecule has 4 rings (SSSR count). The van der Waals surface area contributed by atoms with Crippen molar-refractivity contribution in [1.29, 1.82) is 0 Å². The molecule has 0 aromatic heterocycles. The van der Waals surface area contributed by atoms with Crippen molar-refractivity contribution in [3.8, 4) is 17.2 Å². The number of benzene rings is 2. The van der Waals surface area contributed by atoms with Crippen LogP contribution in [0.3, 0.4) is 0 Å². The van der Waals surface area contributed by atoms with Crippen molar-refractivity contribution < 1.29 is 23.8 Å². The monoisotopic (exact) mass is 422 g/mol. The van der Waals surface area contributed by atoms with Crippen LogP contribution in [0.15, 0.2) is 48.2 Å². The molecule has 0 bridgehead atoms. The van der Waals surface area contributed by atoms with Gasteiger partial charge in [0.25, 0.3) is 11.8 Å². The summed E-state index contributed by atoms with van der Waals surface area (Å²) in [6.45, 7) is 3.96. The number of imide groups is 1. The Balaban J connectivity index is 1.78. The summed E-state index contributed by atoms with van der Waals surface area (Å²) in [4.78, 5) is 30.3. The van der Waals surface area contributed by atoms with Gasteiger partial charge < -0.3 is 19.1 Å². The molecule has 2 aromatic carbocycles. The highest BCUT2D eigenvalue weighted by Crippen LogP contribution is 2.39. The Hall–Kier alpha value is -3.48. The van der Waals surface area contributed by atoms with Gasteiger partial charge in [-0.2, -0.15) is 0 Å². The molecule has 2 amide bonds. The Morgan fingerprint density at radius 2 is 1.55 bits per heavy atom. The number of nitrogens with zero attached hydrogens (tertiary/aromatic N) is 2. The van der Waals surface area contributed by atoms with E-state index in [1.807, 2.05) is 11.8 Å². The summed E-state index contributed by atoms with van der Waals surface area (Å²) in [5.41, 5.74) is 1.99. The lowest BCUT2D eigenvalue weighted by molar-refractivity contribution is -0.120. The zero-order valence-corrected chi connectivity index (χ0v) is 18.0. The van der Waals surface area contributed by atoms with Gasteiger partial charge >= 0.3 is 0 Å². The lowest BCUT2D eigenvalue weighted by Gasteiger charge is -2.20. The third kappa shape index (κ3) is 3.71. The highest BCUT2D eigenvalue weighted by atomic mass is 16.5. The molecule has 1 saturated heterocycles. The van der Waals surface area contributed by atoms with Gasteiger partial charge in [0.15, 0.2) is 11.5 Å². The average Bonchev–Trinajstić information content (AvgIpc) is 3.40. The van der Waals surface area contributed by atoms with Crippen LogP contribution in [0.1, 0.15) is 25.3 Å². The van der Waals surface area contributed by atoms with Crippen LogP contribution in [-0.2, 0) is 9.59 Å². The van der Waals surface area contributed by atoms with Crippen LogP contribution < -0.4 is 19.1 Å². The second kappa shape index (κ2) is 8.71. The molecule has 0 saturated carbocycles. The third-order valence-electron chi connectivity index (χ3n) is 5.56. The molecule has 31 heavy (non-hydrogen) atoms. The van der Waals surface area contributed by atoms with E-state index in [1.165, 1.54) is 4.90 Å². The number of carbonyl (C=O) groups excluding carboxylic acids is 2. The first-order valence-corrected chi connectivity index (χ1v) is 10.4. The summed E-state index contributed by atoms with van der Waals surface area (Å²) < 4.78 is 16.2. The minimum atomic E-state index is -0.344. The molecule has 0 N–H and O–H groups in total. The number of ether oxygens (including phenoxy) is 3. The Bertz CT molecular complexity index is 1020. The van der Waals surface area contributed by atoms with Crippen LogP contribution in [0.25, 0.3) is 5.57 Å². The molecule has 0 aliphatic carbocycles. The van der Waals surface area contributed by atoms with Crippen LogP contribution in [0.4, 0.5) is 5.69 Å². The van der Waals surface area contributed by atoms with Gasteiger partial charge in [-0.3, -0.25) is 9.59 Å². The molecule has 0 atom stereocenters. The molecule has 1 fully saturated rings. The Kier molecular flexibility index (Phi) is 5.84. The second-order valence-electron chi connectivity index (χ2n) is 7.36. The zero-order valence-electron chi connectivity index (χ0n) is 18.0. The highest BCUT2D eigenvalue weighted by molar-refractivity contribution is 6.45. The van der Waals surface area contributed by atoms with Crippen molar-refractivity contribution in [2.75, 3.05) is 38.8 Å². The van der Waals surface area contributed by atoms with E-state index in [9.17, 15) is 9.59 Å². The molecule has 2 aromatic rings. The summed E-state index contributed by atoms with van der Waals surface area (Å²) in [6.07, 6.45) is 1.99. The largest absolute Gasteiger partial charge is 0.494 e. The third-order valence-corrected chi connectivity index (χ3v) is 5.56. The minimum absolute atomic E-state index is 0.305. The number of anilines is 1. The maximum Gasteiger partial charge on any atom is 0.282 e. The van der Waals surface area contributed by atoms with Crippen molar-refractivity contribution in [3.63, 3.8) is 0 Å².